The van der Waals surface area contributed by atoms with Crippen LogP contribution in [-0.2, 0) is 0 Å². The summed E-state index contributed by atoms with van der Waals surface area (Å²) in [6.07, 6.45) is 5.30. The van der Waals surface area contributed by atoms with Gasteiger partial charge in [-0.05, 0) is 50.2 Å². The highest BCUT2D eigenvalue weighted by atomic mass is 14.9. The summed E-state index contributed by atoms with van der Waals surface area (Å²) in [5.41, 5.74) is 0.582. The van der Waals surface area contributed by atoms with Crippen LogP contribution in [0.1, 0.15) is 46.5 Å². The van der Waals surface area contributed by atoms with E-state index >= 15 is 0 Å². The van der Waals surface area contributed by atoms with Crippen molar-refractivity contribution in [3.05, 3.63) is 0 Å². The Balaban J connectivity index is 2.26. The first-order valence-corrected chi connectivity index (χ1v) is 6.64. The van der Waals surface area contributed by atoms with Gasteiger partial charge in [0.15, 0.2) is 0 Å². The van der Waals surface area contributed by atoms with Crippen LogP contribution < -0.4 is 10.6 Å². The molecule has 90 valence electrons. The molecule has 0 aromatic rings. The predicted molar refractivity (Wildman–Crippen MR) is 67.2 cm³/mol. The van der Waals surface area contributed by atoms with Gasteiger partial charge in [0.1, 0.15) is 0 Å². The molecule has 1 aliphatic heterocycles. The van der Waals surface area contributed by atoms with Crippen LogP contribution in [0.25, 0.3) is 0 Å². The molecule has 0 amide bonds. The first kappa shape index (κ1) is 13.0. The first-order chi connectivity index (χ1) is 7.22. The van der Waals surface area contributed by atoms with Crippen LogP contribution in [0.3, 0.4) is 0 Å². The van der Waals surface area contributed by atoms with Crippen LogP contribution in [0.2, 0.25) is 0 Å². The third kappa shape index (κ3) is 4.12. The SMILES string of the molecule is CCC(C)CNCC1(CC)CCNCC1. The van der Waals surface area contributed by atoms with E-state index in [9.17, 15) is 0 Å². The van der Waals surface area contributed by atoms with Crippen LogP contribution in [0.4, 0.5) is 0 Å². The van der Waals surface area contributed by atoms with Crippen LogP contribution >= 0.6 is 0 Å². The van der Waals surface area contributed by atoms with Crippen molar-refractivity contribution in [1.29, 1.82) is 0 Å². The van der Waals surface area contributed by atoms with Gasteiger partial charge in [-0.25, -0.2) is 0 Å². The highest BCUT2D eigenvalue weighted by molar-refractivity contribution is 4.85. The molecule has 0 aromatic heterocycles. The Hall–Kier alpha value is -0.0800. The molecule has 1 rings (SSSR count). The summed E-state index contributed by atoms with van der Waals surface area (Å²) in [5, 5.41) is 7.13. The number of piperidine rings is 1. The molecule has 0 bridgehead atoms. The van der Waals surface area contributed by atoms with Gasteiger partial charge in [-0.2, -0.15) is 0 Å². The lowest BCUT2D eigenvalue weighted by Gasteiger charge is -2.37. The molecule has 0 radical (unpaired) electrons. The second-order valence-electron chi connectivity index (χ2n) is 5.25. The standard InChI is InChI=1S/C13H28N2/c1-4-12(3)10-15-11-13(5-2)6-8-14-9-7-13/h12,14-15H,4-11H2,1-3H3. The smallest absolute Gasteiger partial charge is 0.000877 e. The van der Waals surface area contributed by atoms with E-state index < -0.39 is 0 Å². The maximum Gasteiger partial charge on any atom is 0.000877 e. The maximum absolute atomic E-state index is 3.67. The van der Waals surface area contributed by atoms with Crippen molar-refractivity contribution in [3.8, 4) is 0 Å². The van der Waals surface area contributed by atoms with E-state index in [1.165, 1.54) is 51.9 Å². The molecule has 2 heteroatoms. The minimum absolute atomic E-state index is 0.582. The Morgan fingerprint density at radius 1 is 1.27 bits per heavy atom. The summed E-state index contributed by atoms with van der Waals surface area (Å²) < 4.78 is 0. The quantitative estimate of drug-likeness (QED) is 0.706. The normalized spacial score (nSPS) is 22.6. The number of hydrogen-bond donors (Lipinski definition) is 2. The summed E-state index contributed by atoms with van der Waals surface area (Å²) in [5.74, 6) is 0.820. The van der Waals surface area contributed by atoms with Gasteiger partial charge in [0, 0.05) is 6.54 Å². The lowest BCUT2D eigenvalue weighted by Crippen LogP contribution is -2.43. The Bertz CT molecular complexity index is 162. The molecular weight excluding hydrogens is 184 g/mol. The van der Waals surface area contributed by atoms with E-state index in [1.54, 1.807) is 0 Å². The second-order valence-corrected chi connectivity index (χ2v) is 5.25. The van der Waals surface area contributed by atoms with Crippen molar-refractivity contribution in [2.45, 2.75) is 46.5 Å². The molecule has 1 atom stereocenters. The van der Waals surface area contributed by atoms with Crippen molar-refractivity contribution in [2.24, 2.45) is 11.3 Å². The van der Waals surface area contributed by atoms with Crippen LogP contribution in [-0.4, -0.2) is 26.2 Å². The van der Waals surface area contributed by atoms with Gasteiger partial charge in [0.2, 0.25) is 0 Å². The first-order valence-electron chi connectivity index (χ1n) is 6.64. The molecule has 1 heterocycles. The van der Waals surface area contributed by atoms with Crippen molar-refractivity contribution in [3.63, 3.8) is 0 Å². The van der Waals surface area contributed by atoms with Gasteiger partial charge in [0.25, 0.3) is 0 Å². The summed E-state index contributed by atoms with van der Waals surface area (Å²) in [6.45, 7) is 11.8. The lowest BCUT2D eigenvalue weighted by atomic mass is 9.76. The van der Waals surface area contributed by atoms with Gasteiger partial charge >= 0.3 is 0 Å². The van der Waals surface area contributed by atoms with Crippen LogP contribution in [0.5, 0.6) is 0 Å². The summed E-state index contributed by atoms with van der Waals surface area (Å²) >= 11 is 0. The number of hydrogen-bond acceptors (Lipinski definition) is 2. The third-order valence-corrected chi connectivity index (χ3v) is 4.10. The average molecular weight is 212 g/mol. The van der Waals surface area contributed by atoms with Gasteiger partial charge in [-0.1, -0.05) is 27.2 Å². The molecule has 0 aromatic carbocycles. The Morgan fingerprint density at radius 3 is 2.47 bits per heavy atom. The van der Waals surface area contributed by atoms with Crippen molar-refractivity contribution in [1.82, 2.24) is 10.6 Å². The van der Waals surface area contributed by atoms with Gasteiger partial charge < -0.3 is 10.6 Å². The zero-order valence-corrected chi connectivity index (χ0v) is 10.7. The molecule has 1 saturated heterocycles. The van der Waals surface area contributed by atoms with Gasteiger partial charge in [-0.15, -0.1) is 0 Å². The number of nitrogens with one attached hydrogen (secondary N) is 2. The third-order valence-electron chi connectivity index (χ3n) is 4.10. The zero-order valence-electron chi connectivity index (χ0n) is 10.7. The van der Waals surface area contributed by atoms with E-state index in [4.69, 9.17) is 0 Å². The summed E-state index contributed by atoms with van der Waals surface area (Å²) in [7, 11) is 0. The minimum Gasteiger partial charge on any atom is -0.317 e. The van der Waals surface area contributed by atoms with E-state index in [-0.39, 0.29) is 0 Å². The highest BCUT2D eigenvalue weighted by Gasteiger charge is 2.29. The fraction of sp³-hybridized carbons (Fsp3) is 1.00. The zero-order chi connectivity index (χ0) is 11.1. The maximum atomic E-state index is 3.67. The number of rotatable bonds is 6. The lowest BCUT2D eigenvalue weighted by molar-refractivity contribution is 0.183. The van der Waals surface area contributed by atoms with Crippen molar-refractivity contribution >= 4 is 0 Å². The molecule has 0 saturated carbocycles. The molecule has 2 N–H and O–H groups in total. The van der Waals surface area contributed by atoms with Crippen LogP contribution in [0.15, 0.2) is 0 Å². The molecule has 1 fully saturated rings. The van der Waals surface area contributed by atoms with E-state index in [0.29, 0.717) is 5.41 Å². The molecule has 2 nitrogen and oxygen atoms in total. The predicted octanol–water partition coefficient (Wildman–Crippen LogP) is 2.40. The second kappa shape index (κ2) is 6.49. The van der Waals surface area contributed by atoms with E-state index in [1.807, 2.05) is 0 Å². The molecule has 0 spiro atoms. The topological polar surface area (TPSA) is 24.1 Å². The Kier molecular flexibility index (Phi) is 5.62. The fourth-order valence-corrected chi connectivity index (χ4v) is 2.34. The van der Waals surface area contributed by atoms with Gasteiger partial charge in [-0.3, -0.25) is 0 Å². The summed E-state index contributed by atoms with van der Waals surface area (Å²) in [6, 6.07) is 0. The molecular formula is C13H28N2. The Morgan fingerprint density at radius 2 is 1.93 bits per heavy atom. The van der Waals surface area contributed by atoms with Crippen LogP contribution in [0, 0.1) is 11.3 Å². The molecule has 1 unspecified atom stereocenters. The largest absolute Gasteiger partial charge is 0.317 e. The van der Waals surface area contributed by atoms with Crippen molar-refractivity contribution in [2.75, 3.05) is 26.2 Å². The summed E-state index contributed by atoms with van der Waals surface area (Å²) in [4.78, 5) is 0. The van der Waals surface area contributed by atoms with Crippen molar-refractivity contribution < 1.29 is 0 Å². The Labute approximate surface area is 95.2 Å². The monoisotopic (exact) mass is 212 g/mol. The van der Waals surface area contributed by atoms with E-state index in [0.717, 1.165) is 5.92 Å². The molecule has 1 aliphatic rings. The van der Waals surface area contributed by atoms with E-state index in [2.05, 4.69) is 31.4 Å². The average Bonchev–Trinajstić information content (AvgIpc) is 2.30. The van der Waals surface area contributed by atoms with Gasteiger partial charge in [0.05, 0.1) is 0 Å². The molecule has 0 aliphatic carbocycles. The molecule has 15 heavy (non-hydrogen) atoms. The highest BCUT2D eigenvalue weighted by Crippen LogP contribution is 2.31. The fourth-order valence-electron chi connectivity index (χ4n) is 2.34. The minimum atomic E-state index is 0.582.